The summed E-state index contributed by atoms with van der Waals surface area (Å²) in [7, 11) is 1.38. The van der Waals surface area contributed by atoms with Gasteiger partial charge < -0.3 is 9.31 Å². The van der Waals surface area contributed by atoms with E-state index in [1.54, 1.807) is 0 Å². The maximum absolute atomic E-state index is 5.13. The van der Waals surface area contributed by atoms with Crippen LogP contribution in [-0.2, 0) is 6.42 Å². The molecule has 0 fully saturated rings. The van der Waals surface area contributed by atoms with Gasteiger partial charge >= 0.3 is 7.69 Å². The molecule has 4 rings (SSSR count). The molecular weight excluding hydrogens is 127 g/mol. The van der Waals surface area contributed by atoms with Gasteiger partial charge in [0.15, 0.2) is 0 Å². The first-order valence-electron chi connectivity index (χ1n) is 3.24. The van der Waals surface area contributed by atoms with E-state index in [1.165, 1.54) is 18.8 Å². The molecule has 0 spiro atoms. The van der Waals surface area contributed by atoms with Crippen LogP contribution in [0, 0.1) is 0 Å². The molecule has 0 atom stereocenters. The Morgan fingerprint density at radius 1 is 1.30 bits per heavy atom. The van der Waals surface area contributed by atoms with Crippen LogP contribution in [-0.4, -0.2) is 7.69 Å². The summed E-state index contributed by atoms with van der Waals surface area (Å²) in [5.74, 6) is 1.79. The van der Waals surface area contributed by atoms with Crippen LogP contribution in [0.5, 0.6) is 11.5 Å². The largest absolute Gasteiger partial charge is 0.658 e. The lowest BCUT2D eigenvalue weighted by atomic mass is 9.92. The van der Waals surface area contributed by atoms with Crippen molar-refractivity contribution in [3.63, 3.8) is 0 Å². The third-order valence-electron chi connectivity index (χ3n) is 1.93. The molecule has 10 heavy (non-hydrogen) atoms. The predicted octanol–water partition coefficient (Wildman–Crippen LogP) is 0.896. The highest BCUT2D eigenvalue weighted by Crippen LogP contribution is 2.42. The average molecular weight is 131 g/mol. The fourth-order valence-corrected chi connectivity index (χ4v) is 1.39. The van der Waals surface area contributed by atoms with E-state index in [9.17, 15) is 0 Å². The monoisotopic (exact) mass is 131 g/mol. The standard InChI is InChI=1S/C7H4BO2/c1-4-2-5(1)7-6(3-4)9-8-10-7/h1,3H,2H2. The van der Waals surface area contributed by atoms with Gasteiger partial charge in [-0.05, 0) is 11.6 Å². The van der Waals surface area contributed by atoms with E-state index >= 15 is 0 Å². The quantitative estimate of drug-likeness (QED) is 0.494. The summed E-state index contributed by atoms with van der Waals surface area (Å²) in [5, 5.41) is 0. The topological polar surface area (TPSA) is 18.5 Å². The minimum absolute atomic E-state index is 0.874. The highest BCUT2D eigenvalue weighted by atomic mass is 16.6. The Bertz CT molecular complexity index is 309. The van der Waals surface area contributed by atoms with Crippen molar-refractivity contribution in [3.05, 3.63) is 23.3 Å². The molecule has 0 aromatic heterocycles. The van der Waals surface area contributed by atoms with Crippen molar-refractivity contribution in [1.82, 2.24) is 0 Å². The van der Waals surface area contributed by atoms with E-state index < -0.39 is 0 Å². The molecule has 0 unspecified atom stereocenters. The molecule has 2 nitrogen and oxygen atoms in total. The summed E-state index contributed by atoms with van der Waals surface area (Å²) in [6, 6.07) is 4.15. The van der Waals surface area contributed by atoms with Crippen molar-refractivity contribution < 1.29 is 9.31 Å². The summed E-state index contributed by atoms with van der Waals surface area (Å²) < 4.78 is 10.2. The van der Waals surface area contributed by atoms with Gasteiger partial charge in [0.1, 0.15) is 11.5 Å². The first kappa shape index (κ1) is 4.66. The Morgan fingerprint density at radius 3 is 3.00 bits per heavy atom. The zero-order valence-electron chi connectivity index (χ0n) is 5.26. The first-order valence-corrected chi connectivity index (χ1v) is 3.24. The van der Waals surface area contributed by atoms with Crippen LogP contribution >= 0.6 is 0 Å². The second kappa shape index (κ2) is 1.31. The summed E-state index contributed by atoms with van der Waals surface area (Å²) in [6.45, 7) is 0. The number of rotatable bonds is 0. The van der Waals surface area contributed by atoms with Gasteiger partial charge in [-0.1, -0.05) is 6.07 Å². The molecule has 0 saturated carbocycles. The highest BCUT2D eigenvalue weighted by molar-refractivity contribution is 6.23. The van der Waals surface area contributed by atoms with Gasteiger partial charge in [-0.2, -0.15) is 0 Å². The molecule has 1 aromatic carbocycles. The summed E-state index contributed by atoms with van der Waals surface area (Å²) in [4.78, 5) is 0. The summed E-state index contributed by atoms with van der Waals surface area (Å²) in [5.41, 5.74) is 2.61. The fraction of sp³-hybridized carbons (Fsp3) is 0.143. The summed E-state index contributed by atoms with van der Waals surface area (Å²) >= 11 is 0. The Hall–Kier alpha value is -1.12. The van der Waals surface area contributed by atoms with Crippen LogP contribution in [0.1, 0.15) is 11.1 Å². The van der Waals surface area contributed by atoms with E-state index in [2.05, 4.69) is 6.07 Å². The Labute approximate surface area is 59.1 Å². The number of benzene rings is 1. The molecular formula is C7H4BO2. The fourth-order valence-electron chi connectivity index (χ4n) is 1.39. The van der Waals surface area contributed by atoms with Gasteiger partial charge in [-0.3, -0.25) is 0 Å². The maximum atomic E-state index is 5.13. The predicted molar refractivity (Wildman–Crippen MR) is 36.3 cm³/mol. The molecule has 3 heteroatoms. The molecule has 1 aliphatic heterocycles. The number of hydrogen-bond donors (Lipinski definition) is 0. The zero-order valence-corrected chi connectivity index (χ0v) is 5.26. The van der Waals surface area contributed by atoms with Crippen LogP contribution in [0.3, 0.4) is 0 Å². The Morgan fingerprint density at radius 2 is 2.20 bits per heavy atom. The molecule has 2 aliphatic carbocycles. The smallest absolute Gasteiger partial charge is 0.524 e. The Kier molecular flexibility index (Phi) is 0.611. The first-order chi connectivity index (χ1) is 4.93. The van der Waals surface area contributed by atoms with E-state index in [-0.39, 0.29) is 0 Å². The third kappa shape index (κ3) is 0.385. The van der Waals surface area contributed by atoms with Crippen LogP contribution < -0.4 is 9.31 Å². The molecule has 0 amide bonds. The molecule has 1 heterocycles. The van der Waals surface area contributed by atoms with Gasteiger partial charge in [-0.15, -0.1) is 0 Å². The Balaban J connectivity index is 2.34. The van der Waals surface area contributed by atoms with Crippen molar-refractivity contribution in [2.45, 2.75) is 6.42 Å². The number of hydrogen-bond acceptors (Lipinski definition) is 2. The van der Waals surface area contributed by atoms with Crippen LogP contribution in [0.15, 0.2) is 12.1 Å². The average Bonchev–Trinajstić information content (AvgIpc) is 2.29. The SMILES string of the molecule is [B]1Oc2cc3cc(c2O1)C3. The molecule has 2 bridgehead atoms. The molecule has 3 aliphatic rings. The summed E-state index contributed by atoms with van der Waals surface area (Å²) in [6.07, 6.45) is 1.05. The van der Waals surface area contributed by atoms with Crippen molar-refractivity contribution in [3.8, 4) is 11.5 Å². The molecule has 47 valence electrons. The van der Waals surface area contributed by atoms with Gasteiger partial charge in [0.05, 0.1) is 0 Å². The lowest BCUT2D eigenvalue weighted by Crippen LogP contribution is -2.02. The van der Waals surface area contributed by atoms with Gasteiger partial charge in [-0.25, -0.2) is 0 Å². The van der Waals surface area contributed by atoms with Crippen LogP contribution in [0.25, 0.3) is 0 Å². The van der Waals surface area contributed by atoms with Crippen molar-refractivity contribution in [1.29, 1.82) is 0 Å². The van der Waals surface area contributed by atoms with Gasteiger partial charge in [0, 0.05) is 12.0 Å². The minimum atomic E-state index is 0.874. The maximum Gasteiger partial charge on any atom is 0.658 e. The van der Waals surface area contributed by atoms with E-state index in [0.29, 0.717) is 0 Å². The second-order valence-corrected chi connectivity index (χ2v) is 2.59. The molecule has 1 aromatic rings. The van der Waals surface area contributed by atoms with Crippen molar-refractivity contribution >= 4 is 7.69 Å². The van der Waals surface area contributed by atoms with E-state index in [0.717, 1.165) is 17.9 Å². The van der Waals surface area contributed by atoms with E-state index in [1.807, 2.05) is 6.07 Å². The van der Waals surface area contributed by atoms with Crippen molar-refractivity contribution in [2.24, 2.45) is 0 Å². The van der Waals surface area contributed by atoms with Gasteiger partial charge in [0.25, 0.3) is 0 Å². The molecule has 1 radical (unpaired) electrons. The third-order valence-corrected chi connectivity index (χ3v) is 1.93. The molecule has 0 N–H and O–H groups in total. The van der Waals surface area contributed by atoms with Crippen molar-refractivity contribution in [2.75, 3.05) is 0 Å². The lowest BCUT2D eigenvalue weighted by molar-refractivity contribution is 0.540. The van der Waals surface area contributed by atoms with Gasteiger partial charge in [0.2, 0.25) is 0 Å². The van der Waals surface area contributed by atoms with Crippen LogP contribution in [0.4, 0.5) is 0 Å². The lowest BCUT2D eigenvalue weighted by Gasteiger charge is -2.17. The molecule has 0 saturated heterocycles. The van der Waals surface area contributed by atoms with E-state index in [4.69, 9.17) is 9.31 Å². The zero-order chi connectivity index (χ0) is 6.55. The normalized spacial score (nSPS) is 16.0. The minimum Gasteiger partial charge on any atom is -0.524 e. The highest BCUT2D eigenvalue weighted by Gasteiger charge is 2.26. The van der Waals surface area contributed by atoms with Crippen LogP contribution in [0.2, 0.25) is 0 Å². The second-order valence-electron chi connectivity index (χ2n) is 2.59.